The van der Waals surface area contributed by atoms with Crippen molar-refractivity contribution in [3.05, 3.63) is 34.6 Å². The summed E-state index contributed by atoms with van der Waals surface area (Å²) in [7, 11) is 0. The van der Waals surface area contributed by atoms with Crippen molar-refractivity contribution in [2.45, 2.75) is 0 Å². The van der Waals surface area contributed by atoms with Gasteiger partial charge in [0.2, 0.25) is 0 Å². The van der Waals surface area contributed by atoms with Crippen LogP contribution in [0.3, 0.4) is 0 Å². The quantitative estimate of drug-likeness (QED) is 0.462. The number of thiocarbonyl (C=S) groups is 1. The molecule has 1 aromatic rings. The molecule has 0 atom stereocenters. The first kappa shape index (κ1) is 10.9. The molecule has 14 heavy (non-hydrogen) atoms. The van der Waals surface area contributed by atoms with Crippen LogP contribution in [0.25, 0.3) is 0 Å². The summed E-state index contributed by atoms with van der Waals surface area (Å²) in [4.78, 5) is 0. The van der Waals surface area contributed by atoms with Gasteiger partial charge in [-0.1, -0.05) is 11.6 Å². The second-order valence-corrected chi connectivity index (χ2v) is 3.28. The van der Waals surface area contributed by atoms with Gasteiger partial charge in [-0.2, -0.15) is 5.10 Å². The minimum absolute atomic E-state index is 0.0237. The fourth-order valence-corrected chi connectivity index (χ4v) is 0.983. The number of nitrogens with two attached hydrogens (primary N) is 1. The van der Waals surface area contributed by atoms with Gasteiger partial charge in [-0.05, 0) is 30.4 Å². The molecule has 0 spiro atoms. The topological polar surface area (TPSA) is 50.4 Å². The summed E-state index contributed by atoms with van der Waals surface area (Å²) in [5.74, 6) is -0.453. The molecule has 3 nitrogen and oxygen atoms in total. The maximum atomic E-state index is 13.1. The van der Waals surface area contributed by atoms with Gasteiger partial charge in [0.05, 0.1) is 6.21 Å². The van der Waals surface area contributed by atoms with E-state index in [2.05, 4.69) is 22.7 Å². The van der Waals surface area contributed by atoms with E-state index in [9.17, 15) is 4.39 Å². The second-order valence-electron chi connectivity index (χ2n) is 2.40. The van der Waals surface area contributed by atoms with Crippen LogP contribution in [-0.4, -0.2) is 11.3 Å². The van der Waals surface area contributed by atoms with Gasteiger partial charge in [-0.3, -0.25) is 5.43 Å². The monoisotopic (exact) mass is 231 g/mol. The molecule has 0 bridgehead atoms. The number of hydrogen-bond acceptors (Lipinski definition) is 2. The molecule has 0 aliphatic heterocycles. The highest BCUT2D eigenvalue weighted by Gasteiger charge is 1.99. The van der Waals surface area contributed by atoms with Crippen molar-refractivity contribution in [1.29, 1.82) is 0 Å². The van der Waals surface area contributed by atoms with Crippen molar-refractivity contribution in [2.75, 3.05) is 0 Å². The number of hydrogen-bond donors (Lipinski definition) is 2. The van der Waals surface area contributed by atoms with Crippen LogP contribution >= 0.6 is 23.8 Å². The Morgan fingerprint density at radius 3 is 2.93 bits per heavy atom. The number of rotatable bonds is 2. The van der Waals surface area contributed by atoms with Crippen molar-refractivity contribution in [2.24, 2.45) is 10.8 Å². The molecular formula is C8H7ClFN3S. The van der Waals surface area contributed by atoms with Gasteiger partial charge in [0.1, 0.15) is 5.82 Å². The summed E-state index contributed by atoms with van der Waals surface area (Å²) in [6.07, 6.45) is 1.27. The Balaban J connectivity index is 2.76. The molecule has 0 amide bonds. The molecule has 0 unspecified atom stereocenters. The fraction of sp³-hybridized carbons (Fsp3) is 0. The van der Waals surface area contributed by atoms with Gasteiger partial charge in [0.15, 0.2) is 5.11 Å². The minimum atomic E-state index is -0.453. The van der Waals surface area contributed by atoms with E-state index in [1.807, 2.05) is 0 Å². The molecule has 6 heteroatoms. The summed E-state index contributed by atoms with van der Waals surface area (Å²) in [6.45, 7) is 0. The fourth-order valence-electron chi connectivity index (χ4n) is 0.772. The largest absolute Gasteiger partial charge is 0.375 e. The smallest absolute Gasteiger partial charge is 0.184 e. The number of halogens is 2. The standard InChI is InChI=1S/C8H7ClFN3S/c9-6-2-1-5(7(10)3-6)4-12-13-8(11)14/h1-4H,(H3,11,13,14). The molecule has 1 rings (SSSR count). The molecule has 3 N–H and O–H groups in total. The average Bonchev–Trinajstić information content (AvgIpc) is 2.08. The lowest BCUT2D eigenvalue weighted by molar-refractivity contribution is 0.626. The molecule has 0 saturated heterocycles. The zero-order valence-electron chi connectivity index (χ0n) is 7.00. The van der Waals surface area contributed by atoms with Crippen molar-refractivity contribution in [1.82, 2.24) is 5.43 Å². The zero-order chi connectivity index (χ0) is 10.6. The predicted octanol–water partition coefficient (Wildman–Crippen LogP) is 1.65. The van der Waals surface area contributed by atoms with Gasteiger partial charge in [0, 0.05) is 10.6 Å². The van der Waals surface area contributed by atoms with Gasteiger partial charge in [-0.15, -0.1) is 0 Å². The molecule has 0 saturated carbocycles. The molecule has 0 radical (unpaired) electrons. The highest BCUT2D eigenvalue weighted by atomic mass is 35.5. The lowest BCUT2D eigenvalue weighted by Gasteiger charge is -1.97. The highest BCUT2D eigenvalue weighted by molar-refractivity contribution is 7.80. The van der Waals surface area contributed by atoms with Gasteiger partial charge in [0.25, 0.3) is 0 Å². The third-order valence-corrected chi connectivity index (χ3v) is 1.67. The summed E-state index contributed by atoms with van der Waals surface area (Å²) < 4.78 is 13.1. The van der Waals surface area contributed by atoms with Crippen LogP contribution in [0.15, 0.2) is 23.3 Å². The minimum Gasteiger partial charge on any atom is -0.375 e. The summed E-state index contributed by atoms with van der Waals surface area (Å²) in [6, 6.07) is 4.26. The van der Waals surface area contributed by atoms with E-state index in [4.69, 9.17) is 17.3 Å². The second kappa shape index (κ2) is 4.88. The zero-order valence-corrected chi connectivity index (χ0v) is 8.57. The van der Waals surface area contributed by atoms with Crippen LogP contribution in [0.2, 0.25) is 5.02 Å². The van der Waals surface area contributed by atoms with Crippen LogP contribution in [0.5, 0.6) is 0 Å². The van der Waals surface area contributed by atoms with E-state index in [1.165, 1.54) is 18.3 Å². The third-order valence-electron chi connectivity index (χ3n) is 1.34. The highest BCUT2D eigenvalue weighted by Crippen LogP contribution is 2.12. The van der Waals surface area contributed by atoms with Crippen LogP contribution in [0, 0.1) is 5.82 Å². The van der Waals surface area contributed by atoms with Gasteiger partial charge in [-0.25, -0.2) is 4.39 Å². The molecular weight excluding hydrogens is 225 g/mol. The number of nitrogens with zero attached hydrogens (tertiary/aromatic N) is 1. The van der Waals surface area contributed by atoms with Crippen molar-refractivity contribution in [3.8, 4) is 0 Å². The Morgan fingerprint density at radius 2 is 2.36 bits per heavy atom. The number of benzene rings is 1. The van der Waals surface area contributed by atoms with Crippen LogP contribution in [0.1, 0.15) is 5.56 Å². The van der Waals surface area contributed by atoms with E-state index in [1.54, 1.807) is 6.07 Å². The first-order valence-corrected chi connectivity index (χ1v) is 4.42. The van der Waals surface area contributed by atoms with Crippen LogP contribution in [-0.2, 0) is 0 Å². The SMILES string of the molecule is NC(=S)NN=Cc1ccc(Cl)cc1F. The summed E-state index contributed by atoms with van der Waals surface area (Å²) >= 11 is 10.1. The lowest BCUT2D eigenvalue weighted by Crippen LogP contribution is -2.24. The van der Waals surface area contributed by atoms with E-state index in [0.717, 1.165) is 0 Å². The number of hydrazone groups is 1. The van der Waals surface area contributed by atoms with Gasteiger partial charge < -0.3 is 5.73 Å². The summed E-state index contributed by atoms with van der Waals surface area (Å²) in [5.41, 5.74) is 7.73. The molecule has 0 fully saturated rings. The third kappa shape index (κ3) is 3.27. The normalized spacial score (nSPS) is 10.4. The van der Waals surface area contributed by atoms with Crippen molar-refractivity contribution < 1.29 is 4.39 Å². The van der Waals surface area contributed by atoms with Crippen LogP contribution < -0.4 is 11.2 Å². The Labute approximate surface area is 90.7 Å². The lowest BCUT2D eigenvalue weighted by atomic mass is 10.2. The van der Waals surface area contributed by atoms with Crippen LogP contribution in [0.4, 0.5) is 4.39 Å². The van der Waals surface area contributed by atoms with Crippen molar-refractivity contribution >= 4 is 35.1 Å². The predicted molar refractivity (Wildman–Crippen MR) is 58.9 cm³/mol. The Bertz CT molecular complexity index is 381. The average molecular weight is 232 g/mol. The van der Waals surface area contributed by atoms with E-state index in [-0.39, 0.29) is 5.11 Å². The van der Waals surface area contributed by atoms with Crippen molar-refractivity contribution in [3.63, 3.8) is 0 Å². The maximum absolute atomic E-state index is 13.1. The first-order chi connectivity index (χ1) is 6.59. The van der Waals surface area contributed by atoms with E-state index < -0.39 is 5.82 Å². The van der Waals surface area contributed by atoms with E-state index in [0.29, 0.717) is 10.6 Å². The molecule has 74 valence electrons. The molecule has 1 aromatic carbocycles. The Kier molecular flexibility index (Phi) is 3.79. The molecule has 0 aliphatic carbocycles. The summed E-state index contributed by atoms with van der Waals surface area (Å²) in [5, 5.41) is 3.97. The first-order valence-electron chi connectivity index (χ1n) is 3.63. The van der Waals surface area contributed by atoms with Gasteiger partial charge >= 0.3 is 0 Å². The molecule has 0 heterocycles. The Hall–Kier alpha value is -1.20. The van der Waals surface area contributed by atoms with E-state index >= 15 is 0 Å². The maximum Gasteiger partial charge on any atom is 0.184 e. The molecule has 0 aliphatic rings. The molecule has 0 aromatic heterocycles. The Morgan fingerprint density at radius 1 is 1.64 bits per heavy atom. The number of nitrogens with one attached hydrogen (secondary N) is 1.